The molecule has 118 valence electrons. The lowest BCUT2D eigenvalue weighted by Gasteiger charge is -2.36. The summed E-state index contributed by atoms with van der Waals surface area (Å²) in [6.45, 7) is 5.49. The molecule has 3 atom stereocenters. The summed E-state index contributed by atoms with van der Waals surface area (Å²) in [7, 11) is 0. The van der Waals surface area contributed by atoms with E-state index in [1.165, 1.54) is 6.42 Å². The molecule has 2 aliphatic rings. The second-order valence-corrected chi connectivity index (χ2v) is 6.63. The minimum atomic E-state index is 0.0466. The Morgan fingerprint density at radius 2 is 1.82 bits per heavy atom. The van der Waals surface area contributed by atoms with E-state index in [-0.39, 0.29) is 17.9 Å². The monoisotopic (exact) mass is 300 g/mol. The fourth-order valence-electron chi connectivity index (χ4n) is 3.42. The number of ketones is 1. The fraction of sp³-hybridized carbons (Fsp3) is 0.556. The molecule has 0 spiro atoms. The lowest BCUT2D eigenvalue weighted by Crippen LogP contribution is -2.51. The molecule has 1 heterocycles. The standard InChI is InChI=1S/C18H24N2O2/c1-13-12-17(13)14(2)20(15-6-4-3-5-7-15)18(22)19-10-8-16(21)9-11-19/h3-7,13-14,17H,8-12H2,1-2H3. The van der Waals surface area contributed by atoms with Crippen molar-refractivity contribution in [2.45, 2.75) is 39.2 Å². The number of urea groups is 1. The van der Waals surface area contributed by atoms with Gasteiger partial charge >= 0.3 is 6.03 Å². The van der Waals surface area contributed by atoms with Crippen LogP contribution in [-0.2, 0) is 4.79 Å². The van der Waals surface area contributed by atoms with E-state index in [1.54, 1.807) is 0 Å². The molecule has 3 unspecified atom stereocenters. The van der Waals surface area contributed by atoms with E-state index < -0.39 is 0 Å². The highest BCUT2D eigenvalue weighted by Crippen LogP contribution is 2.43. The van der Waals surface area contributed by atoms with Gasteiger partial charge in [0.1, 0.15) is 5.78 Å². The van der Waals surface area contributed by atoms with Crippen LogP contribution in [0.4, 0.5) is 10.5 Å². The molecule has 1 saturated heterocycles. The summed E-state index contributed by atoms with van der Waals surface area (Å²) in [5.41, 5.74) is 0.955. The maximum Gasteiger partial charge on any atom is 0.324 e. The van der Waals surface area contributed by atoms with Crippen molar-refractivity contribution in [1.82, 2.24) is 4.90 Å². The number of rotatable bonds is 3. The summed E-state index contributed by atoms with van der Waals surface area (Å²) < 4.78 is 0. The van der Waals surface area contributed by atoms with E-state index >= 15 is 0 Å². The smallest absolute Gasteiger partial charge is 0.323 e. The van der Waals surface area contributed by atoms with Gasteiger partial charge in [0.15, 0.2) is 0 Å². The quantitative estimate of drug-likeness (QED) is 0.859. The van der Waals surface area contributed by atoms with Crippen molar-refractivity contribution in [1.29, 1.82) is 0 Å². The zero-order chi connectivity index (χ0) is 15.7. The molecule has 22 heavy (non-hydrogen) atoms. The zero-order valence-corrected chi connectivity index (χ0v) is 13.4. The Bertz CT molecular complexity index is 547. The first kappa shape index (κ1) is 15.1. The molecule has 0 radical (unpaired) electrons. The summed E-state index contributed by atoms with van der Waals surface area (Å²) in [6.07, 6.45) is 2.17. The van der Waals surface area contributed by atoms with Gasteiger partial charge in [-0.05, 0) is 37.3 Å². The van der Waals surface area contributed by atoms with Crippen molar-refractivity contribution < 1.29 is 9.59 Å². The van der Waals surface area contributed by atoms with Gasteiger partial charge in [-0.15, -0.1) is 0 Å². The molecule has 1 aromatic carbocycles. The number of hydrogen-bond donors (Lipinski definition) is 0. The van der Waals surface area contributed by atoms with Crippen molar-refractivity contribution in [2.75, 3.05) is 18.0 Å². The van der Waals surface area contributed by atoms with Gasteiger partial charge < -0.3 is 4.90 Å². The first-order valence-corrected chi connectivity index (χ1v) is 8.23. The van der Waals surface area contributed by atoms with Crippen molar-refractivity contribution in [3.63, 3.8) is 0 Å². The lowest BCUT2D eigenvalue weighted by molar-refractivity contribution is -0.120. The summed E-state index contributed by atoms with van der Waals surface area (Å²) in [4.78, 5) is 28.2. The molecule has 1 aliphatic carbocycles. The first-order chi connectivity index (χ1) is 10.6. The van der Waals surface area contributed by atoms with Crippen LogP contribution in [0, 0.1) is 11.8 Å². The van der Waals surface area contributed by atoms with Gasteiger partial charge in [-0.2, -0.15) is 0 Å². The Hall–Kier alpha value is -1.84. The number of hydrogen-bond acceptors (Lipinski definition) is 2. The van der Waals surface area contributed by atoms with Crippen LogP contribution in [0.2, 0.25) is 0 Å². The van der Waals surface area contributed by atoms with Gasteiger partial charge in [-0.25, -0.2) is 4.79 Å². The highest BCUT2D eigenvalue weighted by atomic mass is 16.2. The van der Waals surface area contributed by atoms with Crippen LogP contribution >= 0.6 is 0 Å². The molecule has 2 amide bonds. The average molecular weight is 300 g/mol. The second-order valence-electron chi connectivity index (χ2n) is 6.63. The molecular formula is C18H24N2O2. The van der Waals surface area contributed by atoms with Crippen LogP contribution in [0.15, 0.2) is 30.3 Å². The number of piperidine rings is 1. The third-order valence-corrected chi connectivity index (χ3v) is 5.03. The molecule has 2 fully saturated rings. The number of anilines is 1. The largest absolute Gasteiger partial charge is 0.324 e. The Labute approximate surface area is 132 Å². The zero-order valence-electron chi connectivity index (χ0n) is 13.4. The summed E-state index contributed by atoms with van der Waals surface area (Å²) in [5.74, 6) is 1.53. The van der Waals surface area contributed by atoms with E-state index in [4.69, 9.17) is 0 Å². The van der Waals surface area contributed by atoms with E-state index in [1.807, 2.05) is 40.1 Å². The van der Waals surface area contributed by atoms with E-state index in [0.29, 0.717) is 37.8 Å². The number of likely N-dealkylation sites (tertiary alicyclic amines) is 1. The fourth-order valence-corrected chi connectivity index (χ4v) is 3.42. The van der Waals surface area contributed by atoms with Crippen molar-refractivity contribution in [3.05, 3.63) is 30.3 Å². The molecule has 0 bridgehead atoms. The van der Waals surface area contributed by atoms with Gasteiger partial charge in [0, 0.05) is 37.7 Å². The first-order valence-electron chi connectivity index (χ1n) is 8.23. The molecule has 1 saturated carbocycles. The van der Waals surface area contributed by atoms with E-state index in [9.17, 15) is 9.59 Å². The molecule has 0 aromatic heterocycles. The molecule has 1 aliphatic heterocycles. The number of nitrogens with zero attached hydrogens (tertiary/aromatic N) is 2. The molecule has 3 rings (SSSR count). The number of carbonyl (C=O) groups is 2. The summed E-state index contributed by atoms with van der Waals surface area (Å²) in [5, 5.41) is 0. The molecule has 1 aromatic rings. The highest BCUT2D eigenvalue weighted by molar-refractivity contribution is 5.94. The Balaban J connectivity index is 1.81. The third-order valence-electron chi connectivity index (χ3n) is 5.03. The number of para-hydroxylation sites is 1. The van der Waals surface area contributed by atoms with Crippen LogP contribution < -0.4 is 4.90 Å². The predicted molar refractivity (Wildman–Crippen MR) is 86.9 cm³/mol. The maximum absolute atomic E-state index is 13.0. The number of amides is 2. The highest BCUT2D eigenvalue weighted by Gasteiger charge is 2.42. The van der Waals surface area contributed by atoms with Crippen LogP contribution in [0.25, 0.3) is 0 Å². The normalized spacial score (nSPS) is 25.7. The number of Topliss-reactive ketones (excluding diaryl/α,β-unsaturated/α-hetero) is 1. The van der Waals surface area contributed by atoms with Gasteiger partial charge in [-0.3, -0.25) is 9.69 Å². The summed E-state index contributed by atoms with van der Waals surface area (Å²) >= 11 is 0. The Morgan fingerprint density at radius 3 is 2.36 bits per heavy atom. The minimum Gasteiger partial charge on any atom is -0.323 e. The lowest BCUT2D eigenvalue weighted by atomic mass is 10.1. The van der Waals surface area contributed by atoms with Gasteiger partial charge in [0.05, 0.1) is 0 Å². The Kier molecular flexibility index (Phi) is 4.19. The SMILES string of the molecule is CC1CC1C(C)N(C(=O)N1CCC(=O)CC1)c1ccccc1. The molecule has 4 heteroatoms. The van der Waals surface area contributed by atoms with Crippen LogP contribution in [0.5, 0.6) is 0 Å². The van der Waals surface area contributed by atoms with Gasteiger partial charge in [-0.1, -0.05) is 25.1 Å². The van der Waals surface area contributed by atoms with E-state index in [2.05, 4.69) is 13.8 Å². The number of benzene rings is 1. The van der Waals surface area contributed by atoms with Crippen molar-refractivity contribution in [2.24, 2.45) is 11.8 Å². The summed E-state index contributed by atoms with van der Waals surface area (Å²) in [6, 6.07) is 10.1. The molecule has 0 N–H and O–H groups in total. The predicted octanol–water partition coefficient (Wildman–Crippen LogP) is 3.32. The maximum atomic E-state index is 13.0. The second kappa shape index (κ2) is 6.11. The van der Waals surface area contributed by atoms with Gasteiger partial charge in [0.25, 0.3) is 0 Å². The molecule has 4 nitrogen and oxygen atoms in total. The van der Waals surface area contributed by atoms with Gasteiger partial charge in [0.2, 0.25) is 0 Å². The molecular weight excluding hydrogens is 276 g/mol. The van der Waals surface area contributed by atoms with Crippen LogP contribution in [-0.4, -0.2) is 35.8 Å². The Morgan fingerprint density at radius 1 is 1.23 bits per heavy atom. The third kappa shape index (κ3) is 3.01. The van der Waals surface area contributed by atoms with Crippen LogP contribution in [0.3, 0.4) is 0 Å². The van der Waals surface area contributed by atoms with Crippen molar-refractivity contribution >= 4 is 17.5 Å². The minimum absolute atomic E-state index is 0.0466. The average Bonchev–Trinajstić information content (AvgIpc) is 3.26. The van der Waals surface area contributed by atoms with Crippen LogP contribution in [0.1, 0.15) is 33.1 Å². The van der Waals surface area contributed by atoms with Crippen molar-refractivity contribution in [3.8, 4) is 0 Å². The number of carbonyl (C=O) groups excluding carboxylic acids is 2. The van der Waals surface area contributed by atoms with E-state index in [0.717, 1.165) is 5.69 Å². The topological polar surface area (TPSA) is 40.6 Å².